The van der Waals surface area contributed by atoms with Gasteiger partial charge in [-0.15, -0.1) is 0 Å². The van der Waals surface area contributed by atoms with Crippen molar-refractivity contribution in [2.75, 3.05) is 22.4 Å². The first kappa shape index (κ1) is 22.1. The molecule has 0 bridgehead atoms. The Kier molecular flexibility index (Phi) is 7.65. The van der Waals surface area contributed by atoms with Gasteiger partial charge in [-0.3, -0.25) is 9.10 Å². The van der Waals surface area contributed by atoms with Gasteiger partial charge in [0.2, 0.25) is 15.9 Å². The van der Waals surface area contributed by atoms with Crippen molar-refractivity contribution in [3.8, 4) is 0 Å². The maximum atomic E-state index is 12.1. The molecule has 1 N–H and O–H groups in total. The maximum Gasteiger partial charge on any atom is 0.232 e. The molecule has 0 atom stereocenters. The molecular formula is C17H16Cl4N2O3S. The standard InChI is InChI=1S/C17H16Cl4N2O3S/c1-27(25,26)23(16-9-11(18)4-6-14(16)20)8-2-3-17(24)22-12-5-7-13(19)15(21)10-12/h4-7,9-10H,2-3,8H2,1H3,(H,22,24). The lowest BCUT2D eigenvalue weighted by Gasteiger charge is -2.23. The molecule has 0 spiro atoms. The number of rotatable bonds is 7. The number of amides is 1. The molecule has 27 heavy (non-hydrogen) atoms. The second-order valence-corrected chi connectivity index (χ2v) is 9.28. The van der Waals surface area contributed by atoms with Gasteiger partial charge in [0.15, 0.2) is 0 Å². The summed E-state index contributed by atoms with van der Waals surface area (Å²) in [4.78, 5) is 12.1. The number of anilines is 2. The molecule has 146 valence electrons. The zero-order valence-electron chi connectivity index (χ0n) is 14.2. The fourth-order valence-electron chi connectivity index (χ4n) is 2.32. The van der Waals surface area contributed by atoms with E-state index in [0.717, 1.165) is 10.6 Å². The van der Waals surface area contributed by atoms with Crippen molar-refractivity contribution in [3.05, 3.63) is 56.5 Å². The fraction of sp³-hybridized carbons (Fsp3) is 0.235. The fourth-order valence-corrected chi connectivity index (χ4v) is 4.03. The summed E-state index contributed by atoms with van der Waals surface area (Å²) in [5.74, 6) is -0.279. The Morgan fingerprint density at radius 2 is 1.67 bits per heavy atom. The Morgan fingerprint density at radius 3 is 2.30 bits per heavy atom. The van der Waals surface area contributed by atoms with Crippen LogP contribution in [0, 0.1) is 0 Å². The van der Waals surface area contributed by atoms with E-state index in [4.69, 9.17) is 46.4 Å². The number of benzene rings is 2. The summed E-state index contributed by atoms with van der Waals surface area (Å²) in [6.45, 7) is 0.0771. The first-order valence-electron chi connectivity index (χ1n) is 7.75. The second-order valence-electron chi connectivity index (χ2n) is 5.71. The summed E-state index contributed by atoms with van der Waals surface area (Å²) in [6.07, 6.45) is 1.45. The van der Waals surface area contributed by atoms with Crippen LogP contribution in [0.25, 0.3) is 0 Å². The quantitative estimate of drug-likeness (QED) is 0.583. The van der Waals surface area contributed by atoms with Crippen LogP contribution < -0.4 is 9.62 Å². The van der Waals surface area contributed by atoms with Gasteiger partial charge in [0.25, 0.3) is 0 Å². The predicted molar refractivity (Wildman–Crippen MR) is 113 cm³/mol. The number of nitrogens with one attached hydrogen (secondary N) is 1. The molecule has 10 heteroatoms. The van der Waals surface area contributed by atoms with Crippen LogP contribution in [0.2, 0.25) is 20.1 Å². The van der Waals surface area contributed by atoms with E-state index in [1.54, 1.807) is 18.2 Å². The summed E-state index contributed by atoms with van der Waals surface area (Å²) >= 11 is 23.8. The summed E-state index contributed by atoms with van der Waals surface area (Å²) in [5, 5.41) is 4.01. The molecule has 0 aliphatic heterocycles. The number of hydrogen-bond donors (Lipinski definition) is 1. The van der Waals surface area contributed by atoms with Crippen molar-refractivity contribution < 1.29 is 13.2 Å². The summed E-state index contributed by atoms with van der Waals surface area (Å²) < 4.78 is 25.4. The third kappa shape index (κ3) is 6.43. The number of hydrogen-bond acceptors (Lipinski definition) is 3. The third-order valence-electron chi connectivity index (χ3n) is 3.55. The van der Waals surface area contributed by atoms with Gasteiger partial charge in [0.05, 0.1) is 27.0 Å². The van der Waals surface area contributed by atoms with E-state index < -0.39 is 10.0 Å². The van der Waals surface area contributed by atoms with E-state index in [-0.39, 0.29) is 36.0 Å². The van der Waals surface area contributed by atoms with Gasteiger partial charge in [0, 0.05) is 23.7 Å². The van der Waals surface area contributed by atoms with Crippen molar-refractivity contribution in [2.45, 2.75) is 12.8 Å². The Balaban J connectivity index is 2.02. The second kappa shape index (κ2) is 9.34. The first-order chi connectivity index (χ1) is 12.6. The van der Waals surface area contributed by atoms with Gasteiger partial charge in [0.1, 0.15) is 0 Å². The Labute approximate surface area is 178 Å². The molecule has 2 aromatic rings. The molecule has 0 saturated carbocycles. The average Bonchev–Trinajstić information content (AvgIpc) is 2.56. The van der Waals surface area contributed by atoms with Crippen LogP contribution in [-0.4, -0.2) is 27.1 Å². The third-order valence-corrected chi connectivity index (χ3v) is 6.02. The van der Waals surface area contributed by atoms with Crippen LogP contribution in [0.4, 0.5) is 11.4 Å². The van der Waals surface area contributed by atoms with Crippen molar-refractivity contribution in [2.24, 2.45) is 0 Å². The normalized spacial score (nSPS) is 11.3. The van der Waals surface area contributed by atoms with E-state index in [9.17, 15) is 13.2 Å². The number of sulfonamides is 1. The van der Waals surface area contributed by atoms with Crippen molar-refractivity contribution >= 4 is 73.7 Å². The van der Waals surface area contributed by atoms with Crippen LogP contribution in [0.1, 0.15) is 12.8 Å². The molecule has 0 heterocycles. The number of carbonyl (C=O) groups excluding carboxylic acids is 1. The lowest BCUT2D eigenvalue weighted by molar-refractivity contribution is -0.116. The smallest absolute Gasteiger partial charge is 0.232 e. The molecule has 0 saturated heterocycles. The highest BCUT2D eigenvalue weighted by atomic mass is 35.5. The molecule has 5 nitrogen and oxygen atoms in total. The highest BCUT2D eigenvalue weighted by Crippen LogP contribution is 2.31. The molecule has 0 fully saturated rings. The molecule has 0 aliphatic rings. The largest absolute Gasteiger partial charge is 0.326 e. The highest BCUT2D eigenvalue weighted by Gasteiger charge is 2.20. The number of nitrogens with zero attached hydrogens (tertiary/aromatic N) is 1. The Hall–Kier alpha value is -1.18. The van der Waals surface area contributed by atoms with Gasteiger partial charge in [-0.05, 0) is 42.8 Å². The van der Waals surface area contributed by atoms with E-state index in [1.165, 1.54) is 18.2 Å². The molecule has 0 unspecified atom stereocenters. The predicted octanol–water partition coefficient (Wildman–Crippen LogP) is 5.49. The SMILES string of the molecule is CS(=O)(=O)N(CCCC(=O)Nc1ccc(Cl)c(Cl)c1)c1cc(Cl)ccc1Cl. The molecule has 0 aromatic heterocycles. The van der Waals surface area contributed by atoms with Crippen LogP contribution >= 0.6 is 46.4 Å². The maximum absolute atomic E-state index is 12.1. The lowest BCUT2D eigenvalue weighted by Crippen LogP contribution is -2.31. The monoisotopic (exact) mass is 468 g/mol. The van der Waals surface area contributed by atoms with Gasteiger partial charge in [-0.1, -0.05) is 46.4 Å². The zero-order valence-corrected chi connectivity index (χ0v) is 18.0. The summed E-state index contributed by atoms with van der Waals surface area (Å²) in [5.41, 5.74) is 0.781. The average molecular weight is 470 g/mol. The summed E-state index contributed by atoms with van der Waals surface area (Å²) in [7, 11) is -3.60. The minimum Gasteiger partial charge on any atom is -0.326 e. The Bertz CT molecular complexity index is 951. The van der Waals surface area contributed by atoms with E-state index in [1.807, 2.05) is 0 Å². The van der Waals surface area contributed by atoms with E-state index >= 15 is 0 Å². The van der Waals surface area contributed by atoms with Crippen LogP contribution in [0.5, 0.6) is 0 Å². The minimum absolute atomic E-state index is 0.0771. The van der Waals surface area contributed by atoms with Gasteiger partial charge >= 0.3 is 0 Å². The van der Waals surface area contributed by atoms with Crippen molar-refractivity contribution in [3.63, 3.8) is 0 Å². The number of carbonyl (C=O) groups is 1. The molecular weight excluding hydrogens is 454 g/mol. The topological polar surface area (TPSA) is 66.5 Å². The molecule has 1 amide bonds. The molecule has 0 aliphatic carbocycles. The van der Waals surface area contributed by atoms with E-state index in [0.29, 0.717) is 20.8 Å². The first-order valence-corrected chi connectivity index (χ1v) is 11.1. The zero-order chi connectivity index (χ0) is 20.2. The number of halogens is 4. The van der Waals surface area contributed by atoms with Crippen LogP contribution in [-0.2, 0) is 14.8 Å². The van der Waals surface area contributed by atoms with Gasteiger partial charge < -0.3 is 5.32 Å². The molecule has 2 rings (SSSR count). The van der Waals surface area contributed by atoms with Gasteiger partial charge in [-0.25, -0.2) is 8.42 Å². The van der Waals surface area contributed by atoms with Crippen LogP contribution in [0.15, 0.2) is 36.4 Å². The van der Waals surface area contributed by atoms with Crippen LogP contribution in [0.3, 0.4) is 0 Å². The minimum atomic E-state index is -3.60. The van der Waals surface area contributed by atoms with Gasteiger partial charge in [-0.2, -0.15) is 0 Å². The lowest BCUT2D eigenvalue weighted by atomic mass is 10.2. The summed E-state index contributed by atoms with van der Waals surface area (Å²) in [6, 6.07) is 9.30. The molecule has 2 aromatic carbocycles. The molecule has 0 radical (unpaired) electrons. The van der Waals surface area contributed by atoms with Crippen molar-refractivity contribution in [1.29, 1.82) is 0 Å². The highest BCUT2D eigenvalue weighted by molar-refractivity contribution is 7.92. The van der Waals surface area contributed by atoms with Crippen molar-refractivity contribution in [1.82, 2.24) is 0 Å². The Morgan fingerprint density at radius 1 is 1.00 bits per heavy atom. The van der Waals surface area contributed by atoms with E-state index in [2.05, 4.69) is 5.32 Å².